The summed E-state index contributed by atoms with van der Waals surface area (Å²) < 4.78 is 11.3. The van der Waals surface area contributed by atoms with Crippen molar-refractivity contribution in [3.63, 3.8) is 0 Å². The third-order valence-corrected chi connectivity index (χ3v) is 4.86. The molecule has 5 heteroatoms. The van der Waals surface area contributed by atoms with Gasteiger partial charge in [-0.25, -0.2) is 0 Å². The zero-order chi connectivity index (χ0) is 17.2. The summed E-state index contributed by atoms with van der Waals surface area (Å²) in [7, 11) is 0. The van der Waals surface area contributed by atoms with Gasteiger partial charge in [-0.3, -0.25) is 4.79 Å². The van der Waals surface area contributed by atoms with Gasteiger partial charge in [-0.05, 0) is 48.2 Å². The Kier molecular flexibility index (Phi) is 4.22. The van der Waals surface area contributed by atoms with Gasteiger partial charge in [0.1, 0.15) is 13.2 Å². The zero-order valence-electron chi connectivity index (χ0n) is 14.1. The number of likely N-dealkylation sites (tertiary alicyclic amines) is 1. The van der Waals surface area contributed by atoms with E-state index in [2.05, 4.69) is 0 Å². The quantitative estimate of drug-likeness (QED) is 0.874. The molecule has 1 fully saturated rings. The van der Waals surface area contributed by atoms with Crippen LogP contribution >= 0.6 is 0 Å². The van der Waals surface area contributed by atoms with Gasteiger partial charge >= 0.3 is 0 Å². The standard InChI is InChI=1S/C20H22N2O3/c21-16-6-3-14(4-7-16)12-20(23)22-9-1-2-17(22)15-5-8-18-19(13-15)25-11-10-24-18/h3-8,13,17H,1-2,9-12,21H2. The molecular formula is C20H22N2O3. The number of carbonyl (C=O) groups excluding carboxylic acids is 1. The maximum atomic E-state index is 12.8. The molecule has 2 aromatic rings. The van der Waals surface area contributed by atoms with E-state index in [1.807, 2.05) is 47.4 Å². The molecule has 1 unspecified atom stereocenters. The molecule has 25 heavy (non-hydrogen) atoms. The van der Waals surface area contributed by atoms with Crippen molar-refractivity contribution in [2.75, 3.05) is 25.5 Å². The van der Waals surface area contributed by atoms with Gasteiger partial charge in [-0.2, -0.15) is 0 Å². The van der Waals surface area contributed by atoms with E-state index in [0.717, 1.165) is 42.0 Å². The number of carbonyl (C=O) groups is 1. The number of nitrogens with zero attached hydrogens (tertiary/aromatic N) is 1. The molecule has 0 aliphatic carbocycles. The van der Waals surface area contributed by atoms with E-state index in [1.54, 1.807) is 0 Å². The summed E-state index contributed by atoms with van der Waals surface area (Å²) in [6.45, 7) is 1.95. The van der Waals surface area contributed by atoms with Crippen LogP contribution in [0.2, 0.25) is 0 Å². The number of nitrogen functional groups attached to an aromatic ring is 1. The van der Waals surface area contributed by atoms with E-state index in [1.165, 1.54) is 0 Å². The van der Waals surface area contributed by atoms with Crippen molar-refractivity contribution in [1.82, 2.24) is 4.90 Å². The minimum absolute atomic E-state index is 0.108. The molecule has 5 nitrogen and oxygen atoms in total. The van der Waals surface area contributed by atoms with Crippen LogP contribution in [0.3, 0.4) is 0 Å². The van der Waals surface area contributed by atoms with Crippen LogP contribution in [-0.2, 0) is 11.2 Å². The van der Waals surface area contributed by atoms with Gasteiger partial charge < -0.3 is 20.1 Å². The predicted molar refractivity (Wildman–Crippen MR) is 95.7 cm³/mol. The fourth-order valence-electron chi connectivity index (χ4n) is 3.59. The number of amides is 1. The van der Waals surface area contributed by atoms with Crippen molar-refractivity contribution in [3.05, 3.63) is 53.6 Å². The third kappa shape index (κ3) is 3.27. The van der Waals surface area contributed by atoms with E-state index in [9.17, 15) is 4.79 Å². The Morgan fingerprint density at radius 1 is 1.08 bits per heavy atom. The number of benzene rings is 2. The van der Waals surface area contributed by atoms with Crippen LogP contribution in [0.15, 0.2) is 42.5 Å². The minimum atomic E-state index is 0.108. The van der Waals surface area contributed by atoms with Crippen LogP contribution in [0.25, 0.3) is 0 Å². The Hall–Kier alpha value is -2.69. The first-order valence-electron chi connectivity index (χ1n) is 8.74. The Labute approximate surface area is 147 Å². The smallest absolute Gasteiger partial charge is 0.227 e. The lowest BCUT2D eigenvalue weighted by Crippen LogP contribution is -2.32. The molecule has 0 spiro atoms. The molecule has 2 N–H and O–H groups in total. The predicted octanol–water partition coefficient (Wildman–Crippen LogP) is 2.95. The van der Waals surface area contributed by atoms with E-state index in [0.29, 0.717) is 25.3 Å². The maximum Gasteiger partial charge on any atom is 0.227 e. The van der Waals surface area contributed by atoms with Gasteiger partial charge in [0.2, 0.25) is 5.91 Å². The average molecular weight is 338 g/mol. The molecule has 2 aliphatic rings. The topological polar surface area (TPSA) is 64.8 Å². The van der Waals surface area contributed by atoms with Crippen molar-refractivity contribution < 1.29 is 14.3 Å². The van der Waals surface area contributed by atoms with Crippen molar-refractivity contribution in [2.45, 2.75) is 25.3 Å². The number of anilines is 1. The molecule has 2 heterocycles. The summed E-state index contributed by atoms with van der Waals surface area (Å²) in [5.74, 6) is 1.72. The van der Waals surface area contributed by atoms with Crippen molar-refractivity contribution >= 4 is 11.6 Å². The first-order valence-corrected chi connectivity index (χ1v) is 8.74. The Balaban J connectivity index is 1.51. The lowest BCUT2D eigenvalue weighted by Gasteiger charge is -2.27. The highest BCUT2D eigenvalue weighted by atomic mass is 16.6. The van der Waals surface area contributed by atoms with Gasteiger partial charge in [-0.15, -0.1) is 0 Å². The molecule has 0 radical (unpaired) electrons. The normalized spacial score (nSPS) is 19.0. The Morgan fingerprint density at radius 3 is 2.64 bits per heavy atom. The molecule has 1 saturated heterocycles. The SMILES string of the molecule is Nc1ccc(CC(=O)N2CCCC2c2ccc3c(c2)OCCO3)cc1. The number of nitrogens with two attached hydrogens (primary N) is 1. The first-order chi connectivity index (χ1) is 12.2. The molecule has 1 atom stereocenters. The van der Waals surface area contributed by atoms with Crippen molar-refractivity contribution in [3.8, 4) is 11.5 Å². The Morgan fingerprint density at radius 2 is 1.84 bits per heavy atom. The molecule has 0 aromatic heterocycles. The van der Waals surface area contributed by atoms with Crippen LogP contribution in [0.4, 0.5) is 5.69 Å². The second kappa shape index (κ2) is 6.67. The van der Waals surface area contributed by atoms with Gasteiger partial charge in [0.15, 0.2) is 11.5 Å². The summed E-state index contributed by atoms with van der Waals surface area (Å²) in [5.41, 5.74) is 8.54. The van der Waals surface area contributed by atoms with Gasteiger partial charge in [-0.1, -0.05) is 18.2 Å². The highest BCUT2D eigenvalue weighted by Crippen LogP contribution is 2.38. The van der Waals surface area contributed by atoms with Crippen LogP contribution in [0.1, 0.15) is 30.0 Å². The number of rotatable bonds is 3. The van der Waals surface area contributed by atoms with Crippen molar-refractivity contribution in [1.29, 1.82) is 0 Å². The first kappa shape index (κ1) is 15.8. The highest BCUT2D eigenvalue weighted by Gasteiger charge is 2.30. The van der Waals surface area contributed by atoms with E-state index in [-0.39, 0.29) is 11.9 Å². The summed E-state index contributed by atoms with van der Waals surface area (Å²) in [6, 6.07) is 13.6. The molecule has 0 saturated carbocycles. The van der Waals surface area contributed by atoms with Crippen LogP contribution in [-0.4, -0.2) is 30.6 Å². The van der Waals surface area contributed by atoms with E-state index < -0.39 is 0 Å². The van der Waals surface area contributed by atoms with E-state index in [4.69, 9.17) is 15.2 Å². The fraction of sp³-hybridized carbons (Fsp3) is 0.350. The number of fused-ring (bicyclic) bond motifs is 1. The van der Waals surface area contributed by atoms with Gasteiger partial charge in [0.05, 0.1) is 12.5 Å². The molecule has 0 bridgehead atoms. The molecule has 4 rings (SSSR count). The number of hydrogen-bond acceptors (Lipinski definition) is 4. The molecule has 130 valence electrons. The van der Waals surface area contributed by atoms with Crippen LogP contribution < -0.4 is 15.2 Å². The highest BCUT2D eigenvalue weighted by molar-refractivity contribution is 5.79. The van der Waals surface area contributed by atoms with Crippen LogP contribution in [0.5, 0.6) is 11.5 Å². The second-order valence-electron chi connectivity index (χ2n) is 6.57. The largest absolute Gasteiger partial charge is 0.486 e. The molecule has 1 amide bonds. The fourth-order valence-corrected chi connectivity index (χ4v) is 3.59. The molecule has 2 aromatic carbocycles. The lowest BCUT2D eigenvalue weighted by molar-refractivity contribution is -0.131. The van der Waals surface area contributed by atoms with E-state index >= 15 is 0 Å². The van der Waals surface area contributed by atoms with Crippen LogP contribution in [0, 0.1) is 0 Å². The Bertz CT molecular complexity index is 773. The van der Waals surface area contributed by atoms with Gasteiger partial charge in [0.25, 0.3) is 0 Å². The third-order valence-electron chi connectivity index (χ3n) is 4.86. The number of ether oxygens (including phenoxy) is 2. The summed E-state index contributed by atoms with van der Waals surface area (Å²) in [5, 5.41) is 0. The summed E-state index contributed by atoms with van der Waals surface area (Å²) in [6.07, 6.45) is 2.40. The maximum absolute atomic E-state index is 12.8. The second-order valence-corrected chi connectivity index (χ2v) is 6.57. The molecule has 2 aliphatic heterocycles. The molecular weight excluding hydrogens is 316 g/mol. The zero-order valence-corrected chi connectivity index (χ0v) is 14.1. The average Bonchev–Trinajstić information content (AvgIpc) is 3.13. The summed E-state index contributed by atoms with van der Waals surface area (Å²) >= 11 is 0. The lowest BCUT2D eigenvalue weighted by atomic mass is 10.0. The number of hydrogen-bond donors (Lipinski definition) is 1. The van der Waals surface area contributed by atoms with Crippen molar-refractivity contribution in [2.24, 2.45) is 0 Å². The monoisotopic (exact) mass is 338 g/mol. The van der Waals surface area contributed by atoms with Gasteiger partial charge in [0, 0.05) is 12.2 Å². The summed E-state index contributed by atoms with van der Waals surface area (Å²) in [4.78, 5) is 14.8. The minimum Gasteiger partial charge on any atom is -0.486 e.